The summed E-state index contributed by atoms with van der Waals surface area (Å²) >= 11 is 0. The number of carbonyl (C=O) groups is 1. The first-order valence-electron chi connectivity index (χ1n) is 8.51. The van der Waals surface area contributed by atoms with Crippen molar-refractivity contribution in [2.45, 2.75) is 0 Å². The number of phenolic OH excluding ortho intramolecular Hbond substituents is 1. The molecule has 0 radical (unpaired) electrons. The molecule has 0 atom stereocenters. The molecule has 1 heterocycles. The number of hydrazone groups is 1. The summed E-state index contributed by atoms with van der Waals surface area (Å²) in [4.78, 5) is 16.0. The number of benzene rings is 3. The van der Waals surface area contributed by atoms with Crippen LogP contribution in [0.4, 0.5) is 0 Å². The molecule has 4 rings (SSSR count). The Labute approximate surface area is 156 Å². The van der Waals surface area contributed by atoms with Gasteiger partial charge in [-0.25, -0.2) is 5.43 Å². The van der Waals surface area contributed by atoms with Gasteiger partial charge in [0.1, 0.15) is 11.4 Å². The highest BCUT2D eigenvalue weighted by Crippen LogP contribution is 2.32. The number of rotatable bonds is 4. The van der Waals surface area contributed by atoms with Crippen molar-refractivity contribution in [3.63, 3.8) is 0 Å². The number of carbonyl (C=O) groups excluding carboxylic acids is 1. The van der Waals surface area contributed by atoms with Crippen molar-refractivity contribution in [1.29, 1.82) is 0 Å². The zero-order chi connectivity index (χ0) is 18.6. The van der Waals surface area contributed by atoms with E-state index >= 15 is 0 Å². The van der Waals surface area contributed by atoms with Crippen LogP contribution in [0.25, 0.3) is 22.0 Å². The number of nitrogens with zero attached hydrogens (tertiary/aromatic N) is 1. The molecule has 0 aliphatic heterocycles. The van der Waals surface area contributed by atoms with Crippen molar-refractivity contribution in [2.24, 2.45) is 5.10 Å². The van der Waals surface area contributed by atoms with Crippen molar-refractivity contribution >= 4 is 23.0 Å². The van der Waals surface area contributed by atoms with Crippen molar-refractivity contribution in [3.05, 3.63) is 90.1 Å². The molecule has 1 aromatic heterocycles. The van der Waals surface area contributed by atoms with E-state index in [4.69, 9.17) is 0 Å². The SMILES string of the molecule is O=C(N/N=C/c1ccc(O)cc1)c1[nH]c2ccccc2c1-c1ccccc1. The Balaban J connectivity index is 1.66. The molecule has 1 amide bonds. The lowest BCUT2D eigenvalue weighted by Gasteiger charge is -2.04. The zero-order valence-corrected chi connectivity index (χ0v) is 14.4. The minimum atomic E-state index is -0.319. The van der Waals surface area contributed by atoms with Gasteiger partial charge in [-0.05, 0) is 41.5 Å². The summed E-state index contributed by atoms with van der Waals surface area (Å²) in [5, 5.41) is 14.3. The van der Waals surface area contributed by atoms with Crippen LogP contribution < -0.4 is 5.43 Å². The topological polar surface area (TPSA) is 77.5 Å². The summed E-state index contributed by atoms with van der Waals surface area (Å²) in [5.41, 5.74) is 6.51. The van der Waals surface area contributed by atoms with Gasteiger partial charge in [-0.3, -0.25) is 4.79 Å². The minimum absolute atomic E-state index is 0.182. The maximum Gasteiger partial charge on any atom is 0.288 e. The number of aromatic amines is 1. The average Bonchev–Trinajstić information content (AvgIpc) is 3.10. The van der Waals surface area contributed by atoms with Gasteiger partial charge in [0.15, 0.2) is 0 Å². The Morgan fingerprint density at radius 2 is 1.63 bits per heavy atom. The van der Waals surface area contributed by atoms with E-state index in [2.05, 4.69) is 15.5 Å². The average molecular weight is 355 g/mol. The minimum Gasteiger partial charge on any atom is -0.508 e. The van der Waals surface area contributed by atoms with Crippen LogP contribution in [0.15, 0.2) is 84.0 Å². The maximum atomic E-state index is 12.8. The molecule has 0 fully saturated rings. The predicted molar refractivity (Wildman–Crippen MR) is 107 cm³/mol. The largest absolute Gasteiger partial charge is 0.508 e. The Morgan fingerprint density at radius 1 is 0.926 bits per heavy atom. The second-order valence-corrected chi connectivity index (χ2v) is 6.08. The molecule has 4 aromatic rings. The lowest BCUT2D eigenvalue weighted by molar-refractivity contribution is 0.0951. The zero-order valence-electron chi connectivity index (χ0n) is 14.4. The third kappa shape index (κ3) is 3.43. The van der Waals surface area contributed by atoms with E-state index in [0.717, 1.165) is 27.6 Å². The Hall–Kier alpha value is -3.86. The number of para-hydroxylation sites is 1. The van der Waals surface area contributed by atoms with Gasteiger partial charge in [-0.15, -0.1) is 0 Å². The van der Waals surface area contributed by atoms with Crippen molar-refractivity contribution < 1.29 is 9.90 Å². The van der Waals surface area contributed by atoms with Gasteiger partial charge >= 0.3 is 0 Å². The number of hydrogen-bond donors (Lipinski definition) is 3. The van der Waals surface area contributed by atoms with E-state index < -0.39 is 0 Å². The molecule has 0 bridgehead atoms. The first kappa shape index (κ1) is 16.6. The second-order valence-electron chi connectivity index (χ2n) is 6.08. The molecule has 27 heavy (non-hydrogen) atoms. The Morgan fingerprint density at radius 3 is 2.41 bits per heavy atom. The number of amides is 1. The fourth-order valence-corrected chi connectivity index (χ4v) is 3.00. The molecular formula is C22H17N3O2. The van der Waals surface area contributed by atoms with E-state index in [9.17, 15) is 9.90 Å². The fourth-order valence-electron chi connectivity index (χ4n) is 3.00. The van der Waals surface area contributed by atoms with Crippen molar-refractivity contribution in [3.8, 4) is 16.9 Å². The van der Waals surface area contributed by atoms with Gasteiger partial charge < -0.3 is 10.1 Å². The number of aromatic nitrogens is 1. The highest BCUT2D eigenvalue weighted by molar-refractivity contribution is 6.09. The summed E-state index contributed by atoms with van der Waals surface area (Å²) in [6.07, 6.45) is 1.53. The maximum absolute atomic E-state index is 12.8. The molecule has 3 aromatic carbocycles. The van der Waals surface area contributed by atoms with Gasteiger partial charge in [-0.2, -0.15) is 5.10 Å². The quantitative estimate of drug-likeness (QED) is 0.377. The number of aromatic hydroxyl groups is 1. The predicted octanol–water partition coefficient (Wildman–Crippen LogP) is 4.30. The molecule has 0 saturated heterocycles. The number of nitrogens with one attached hydrogen (secondary N) is 2. The van der Waals surface area contributed by atoms with Crippen molar-refractivity contribution in [2.75, 3.05) is 0 Å². The molecular weight excluding hydrogens is 338 g/mol. The summed E-state index contributed by atoms with van der Waals surface area (Å²) in [7, 11) is 0. The van der Waals surface area contributed by atoms with Crippen LogP contribution in [0.2, 0.25) is 0 Å². The first-order valence-corrected chi connectivity index (χ1v) is 8.51. The standard InChI is InChI=1S/C22H17N3O2/c26-17-12-10-15(11-13-17)14-23-25-22(27)21-20(16-6-2-1-3-7-16)18-8-4-5-9-19(18)24-21/h1-14,24,26H,(H,25,27)/b23-14+. The lowest BCUT2D eigenvalue weighted by atomic mass is 10.0. The number of H-pyrrole nitrogens is 1. The van der Waals surface area contributed by atoms with Crippen LogP contribution in [-0.2, 0) is 0 Å². The molecule has 0 aliphatic carbocycles. The summed E-state index contributed by atoms with van der Waals surface area (Å²) in [5.74, 6) is -0.137. The van der Waals surface area contributed by atoms with E-state index in [1.54, 1.807) is 24.3 Å². The Bertz CT molecular complexity index is 1110. The fraction of sp³-hybridized carbons (Fsp3) is 0. The van der Waals surface area contributed by atoms with E-state index in [1.807, 2.05) is 54.6 Å². The molecule has 5 heteroatoms. The summed E-state index contributed by atoms with van der Waals surface area (Å²) < 4.78 is 0. The van der Waals surface area contributed by atoms with Gasteiger partial charge in [0.25, 0.3) is 5.91 Å². The smallest absolute Gasteiger partial charge is 0.288 e. The number of phenols is 1. The number of hydrogen-bond acceptors (Lipinski definition) is 3. The van der Waals surface area contributed by atoms with Gasteiger partial charge in [0, 0.05) is 16.5 Å². The second kappa shape index (κ2) is 7.17. The van der Waals surface area contributed by atoms with E-state index in [0.29, 0.717) is 5.69 Å². The van der Waals surface area contributed by atoms with Gasteiger partial charge in [-0.1, -0.05) is 48.5 Å². The summed E-state index contributed by atoms with van der Waals surface area (Å²) in [6, 6.07) is 24.2. The van der Waals surface area contributed by atoms with E-state index in [-0.39, 0.29) is 11.7 Å². The first-order chi connectivity index (χ1) is 13.2. The normalized spacial score (nSPS) is 11.1. The highest BCUT2D eigenvalue weighted by atomic mass is 16.3. The molecule has 0 aliphatic rings. The summed E-state index contributed by atoms with van der Waals surface area (Å²) in [6.45, 7) is 0. The number of fused-ring (bicyclic) bond motifs is 1. The molecule has 0 saturated carbocycles. The highest BCUT2D eigenvalue weighted by Gasteiger charge is 2.18. The molecule has 132 valence electrons. The Kier molecular flexibility index (Phi) is 4.41. The molecule has 3 N–H and O–H groups in total. The lowest BCUT2D eigenvalue weighted by Crippen LogP contribution is -2.18. The van der Waals surface area contributed by atoms with Gasteiger partial charge in [0.05, 0.1) is 6.21 Å². The van der Waals surface area contributed by atoms with E-state index in [1.165, 1.54) is 6.21 Å². The van der Waals surface area contributed by atoms with Crippen LogP contribution in [0.3, 0.4) is 0 Å². The van der Waals surface area contributed by atoms with Crippen LogP contribution in [0.5, 0.6) is 5.75 Å². The monoisotopic (exact) mass is 355 g/mol. The van der Waals surface area contributed by atoms with Gasteiger partial charge in [0.2, 0.25) is 0 Å². The van der Waals surface area contributed by atoms with Crippen LogP contribution in [0, 0.1) is 0 Å². The van der Waals surface area contributed by atoms with Crippen molar-refractivity contribution in [1.82, 2.24) is 10.4 Å². The third-order valence-electron chi connectivity index (χ3n) is 4.27. The van der Waals surface area contributed by atoms with Crippen LogP contribution in [-0.4, -0.2) is 22.2 Å². The van der Waals surface area contributed by atoms with Crippen LogP contribution >= 0.6 is 0 Å². The molecule has 0 unspecified atom stereocenters. The molecule has 0 spiro atoms. The van der Waals surface area contributed by atoms with Crippen LogP contribution in [0.1, 0.15) is 16.1 Å². The molecule has 5 nitrogen and oxygen atoms in total. The third-order valence-corrected chi connectivity index (χ3v) is 4.27.